The molecule has 2 heterocycles. The lowest BCUT2D eigenvalue weighted by atomic mass is 9.79. The van der Waals surface area contributed by atoms with E-state index in [0.29, 0.717) is 0 Å². The summed E-state index contributed by atoms with van der Waals surface area (Å²) in [6.45, 7) is 14.0. The Morgan fingerprint density at radius 2 is 1.57 bits per heavy atom. The molecule has 126 valence electrons. The molecule has 0 aromatic heterocycles. The van der Waals surface area contributed by atoms with E-state index in [9.17, 15) is 0 Å². The summed E-state index contributed by atoms with van der Waals surface area (Å²) in [5.41, 5.74) is 1.93. The summed E-state index contributed by atoms with van der Waals surface area (Å²) in [7, 11) is -0.262. The molecule has 0 bridgehead atoms. The molecule has 1 aromatic rings. The van der Waals surface area contributed by atoms with Crippen LogP contribution in [0.4, 0.5) is 0 Å². The number of nitrogens with one attached hydrogen (secondary N) is 1. The van der Waals surface area contributed by atoms with Crippen molar-refractivity contribution in [3.63, 3.8) is 0 Å². The van der Waals surface area contributed by atoms with Crippen molar-refractivity contribution in [2.75, 3.05) is 32.7 Å². The topological polar surface area (TPSA) is 33.7 Å². The zero-order chi connectivity index (χ0) is 16.5. The van der Waals surface area contributed by atoms with Gasteiger partial charge in [0, 0.05) is 32.7 Å². The van der Waals surface area contributed by atoms with Gasteiger partial charge in [-0.2, -0.15) is 0 Å². The molecule has 0 aliphatic carbocycles. The van der Waals surface area contributed by atoms with Crippen molar-refractivity contribution in [1.29, 1.82) is 0 Å². The van der Waals surface area contributed by atoms with Crippen molar-refractivity contribution < 1.29 is 9.31 Å². The largest absolute Gasteiger partial charge is 0.494 e. The average molecular weight is 316 g/mol. The lowest BCUT2D eigenvalue weighted by molar-refractivity contribution is 0.00578. The van der Waals surface area contributed by atoms with E-state index in [-0.39, 0.29) is 18.3 Å². The molecule has 0 saturated carbocycles. The number of nitrogens with zero attached hydrogens (tertiary/aromatic N) is 1. The number of piperazine rings is 1. The van der Waals surface area contributed by atoms with Gasteiger partial charge in [0.25, 0.3) is 0 Å². The lowest BCUT2D eigenvalue weighted by Crippen LogP contribution is -2.44. The molecular weight excluding hydrogens is 287 g/mol. The van der Waals surface area contributed by atoms with Crippen molar-refractivity contribution in [3.8, 4) is 0 Å². The van der Waals surface area contributed by atoms with Crippen LogP contribution in [0.2, 0.25) is 0 Å². The van der Waals surface area contributed by atoms with E-state index < -0.39 is 0 Å². The molecule has 0 amide bonds. The first-order valence-electron chi connectivity index (χ1n) is 8.75. The van der Waals surface area contributed by atoms with Gasteiger partial charge in [0.1, 0.15) is 0 Å². The summed E-state index contributed by atoms with van der Waals surface area (Å²) < 4.78 is 12.2. The Hall–Kier alpha value is -0.875. The fourth-order valence-electron chi connectivity index (χ4n) is 3.04. The molecule has 2 fully saturated rings. The van der Waals surface area contributed by atoms with Gasteiger partial charge in [0.05, 0.1) is 11.2 Å². The molecule has 0 unspecified atom stereocenters. The third-order valence-electron chi connectivity index (χ3n) is 5.43. The number of rotatable bonds is 4. The van der Waals surface area contributed by atoms with Gasteiger partial charge in [-0.3, -0.25) is 0 Å². The number of hydrogen-bond donors (Lipinski definition) is 1. The van der Waals surface area contributed by atoms with E-state index in [1.807, 2.05) is 0 Å². The van der Waals surface area contributed by atoms with Gasteiger partial charge in [0.2, 0.25) is 0 Å². The smallest absolute Gasteiger partial charge is 0.399 e. The molecule has 1 aromatic carbocycles. The lowest BCUT2D eigenvalue weighted by Gasteiger charge is -2.32. The minimum Gasteiger partial charge on any atom is -0.399 e. The van der Waals surface area contributed by atoms with Gasteiger partial charge >= 0.3 is 7.12 Å². The molecule has 0 radical (unpaired) electrons. The molecule has 2 aliphatic heterocycles. The molecule has 2 saturated heterocycles. The van der Waals surface area contributed by atoms with Crippen LogP contribution in [-0.2, 0) is 15.7 Å². The van der Waals surface area contributed by atoms with E-state index in [2.05, 4.69) is 62.2 Å². The second-order valence-electron chi connectivity index (χ2n) is 7.67. The fourth-order valence-corrected chi connectivity index (χ4v) is 3.04. The molecule has 5 heteroatoms. The predicted molar refractivity (Wildman–Crippen MR) is 95.2 cm³/mol. The molecule has 0 spiro atoms. The summed E-state index contributed by atoms with van der Waals surface area (Å²) in [6.07, 6.45) is 1.10. The Bertz CT molecular complexity index is 508. The second-order valence-corrected chi connectivity index (χ2v) is 7.67. The predicted octanol–water partition coefficient (Wildman–Crippen LogP) is 1.43. The van der Waals surface area contributed by atoms with Gasteiger partial charge < -0.3 is 19.5 Å². The Morgan fingerprint density at radius 1 is 1.00 bits per heavy atom. The summed E-state index contributed by atoms with van der Waals surface area (Å²) >= 11 is 0. The maximum Gasteiger partial charge on any atom is 0.494 e. The number of hydrogen-bond acceptors (Lipinski definition) is 4. The Balaban J connectivity index is 1.57. The van der Waals surface area contributed by atoms with Crippen LogP contribution in [0.1, 0.15) is 33.3 Å². The summed E-state index contributed by atoms with van der Waals surface area (Å²) in [4.78, 5) is 2.53. The Morgan fingerprint density at radius 3 is 2.13 bits per heavy atom. The highest BCUT2D eigenvalue weighted by Gasteiger charge is 2.51. The minimum atomic E-state index is -0.279. The van der Waals surface area contributed by atoms with E-state index in [0.717, 1.165) is 44.6 Å². The van der Waals surface area contributed by atoms with Gasteiger partial charge in [-0.1, -0.05) is 24.3 Å². The molecular formula is C18H29BN2O2. The van der Waals surface area contributed by atoms with Crippen molar-refractivity contribution in [1.82, 2.24) is 10.2 Å². The molecule has 0 atom stereocenters. The van der Waals surface area contributed by atoms with Crippen LogP contribution in [0.15, 0.2) is 24.3 Å². The Labute approximate surface area is 140 Å². The zero-order valence-corrected chi connectivity index (χ0v) is 14.9. The highest BCUT2D eigenvalue weighted by molar-refractivity contribution is 6.62. The van der Waals surface area contributed by atoms with Gasteiger partial charge in [-0.15, -0.1) is 0 Å². The van der Waals surface area contributed by atoms with Crippen LogP contribution in [0, 0.1) is 0 Å². The van der Waals surface area contributed by atoms with Crippen molar-refractivity contribution >= 4 is 12.6 Å². The van der Waals surface area contributed by atoms with Crippen LogP contribution in [0.3, 0.4) is 0 Å². The maximum absolute atomic E-state index is 6.11. The first-order valence-corrected chi connectivity index (χ1v) is 8.75. The molecule has 4 nitrogen and oxygen atoms in total. The summed E-state index contributed by atoms with van der Waals surface area (Å²) in [5, 5.41) is 3.40. The van der Waals surface area contributed by atoms with Gasteiger partial charge in [-0.25, -0.2) is 0 Å². The van der Waals surface area contributed by atoms with E-state index in [4.69, 9.17) is 9.31 Å². The van der Waals surface area contributed by atoms with Crippen LogP contribution in [-0.4, -0.2) is 55.9 Å². The fraction of sp³-hybridized carbons (Fsp3) is 0.667. The summed E-state index contributed by atoms with van der Waals surface area (Å²) in [6, 6.07) is 8.72. The monoisotopic (exact) mass is 316 g/mol. The van der Waals surface area contributed by atoms with Gasteiger partial charge in [-0.05, 0) is 45.1 Å². The Kier molecular flexibility index (Phi) is 4.84. The van der Waals surface area contributed by atoms with Crippen molar-refractivity contribution in [2.45, 2.75) is 45.3 Å². The molecule has 2 aliphatic rings. The molecule has 23 heavy (non-hydrogen) atoms. The first-order chi connectivity index (χ1) is 10.9. The van der Waals surface area contributed by atoms with Crippen LogP contribution >= 0.6 is 0 Å². The normalized spacial score (nSPS) is 24.1. The maximum atomic E-state index is 6.11. The van der Waals surface area contributed by atoms with Crippen LogP contribution < -0.4 is 10.8 Å². The minimum absolute atomic E-state index is 0.262. The van der Waals surface area contributed by atoms with E-state index in [1.165, 1.54) is 5.56 Å². The average Bonchev–Trinajstić information content (AvgIpc) is 2.75. The van der Waals surface area contributed by atoms with E-state index in [1.54, 1.807) is 0 Å². The van der Waals surface area contributed by atoms with Gasteiger partial charge in [0.15, 0.2) is 0 Å². The SMILES string of the molecule is CC1(C)OB(c2ccc(CCN3CCNCC3)cc2)OC1(C)C. The zero-order valence-electron chi connectivity index (χ0n) is 14.9. The third-order valence-corrected chi connectivity index (χ3v) is 5.43. The van der Waals surface area contributed by atoms with Crippen LogP contribution in [0.25, 0.3) is 0 Å². The highest BCUT2D eigenvalue weighted by Crippen LogP contribution is 2.36. The summed E-state index contributed by atoms with van der Waals surface area (Å²) in [5.74, 6) is 0. The van der Waals surface area contributed by atoms with Crippen molar-refractivity contribution in [3.05, 3.63) is 29.8 Å². The second kappa shape index (κ2) is 6.56. The first kappa shape index (κ1) is 17.0. The van der Waals surface area contributed by atoms with Crippen LogP contribution in [0.5, 0.6) is 0 Å². The molecule has 1 N–H and O–H groups in total. The number of benzene rings is 1. The van der Waals surface area contributed by atoms with Crippen molar-refractivity contribution in [2.24, 2.45) is 0 Å². The quantitative estimate of drug-likeness (QED) is 0.852. The molecule has 3 rings (SSSR count). The van der Waals surface area contributed by atoms with E-state index >= 15 is 0 Å². The third kappa shape index (κ3) is 3.79. The highest BCUT2D eigenvalue weighted by atomic mass is 16.7. The standard InChI is InChI=1S/C18H29BN2O2/c1-17(2)18(3,4)23-19(22-17)16-7-5-15(6-8-16)9-12-21-13-10-20-11-14-21/h5-8,20H,9-14H2,1-4H3.